The second kappa shape index (κ2) is 8.25. The second-order valence-electron chi connectivity index (χ2n) is 3.72. The Morgan fingerprint density at radius 3 is 2.27 bits per heavy atom. The molecule has 0 bridgehead atoms. The highest BCUT2D eigenvalue weighted by Crippen LogP contribution is 2.05. The lowest BCUT2D eigenvalue weighted by atomic mass is 10.1. The summed E-state index contributed by atoms with van der Waals surface area (Å²) in [5.74, 6) is 0. The smallest absolute Gasteiger partial charge is 0.0433 e. The van der Waals surface area contributed by atoms with E-state index in [1.165, 1.54) is 12.0 Å². The van der Waals surface area contributed by atoms with Crippen LogP contribution in [0.3, 0.4) is 0 Å². The Morgan fingerprint density at radius 1 is 0.933 bits per heavy atom. The Morgan fingerprint density at radius 2 is 1.60 bits per heavy atom. The van der Waals surface area contributed by atoms with Gasteiger partial charge in [0.1, 0.15) is 0 Å². The van der Waals surface area contributed by atoms with Crippen molar-refractivity contribution in [3.8, 4) is 0 Å². The predicted molar refractivity (Wildman–Crippen MR) is 64.8 cm³/mol. The molecule has 1 N–H and O–H groups in total. The van der Waals surface area contributed by atoms with Crippen LogP contribution in [0.1, 0.15) is 31.2 Å². The van der Waals surface area contributed by atoms with Crippen LogP contribution in [0.25, 0.3) is 0 Å². The first-order valence-corrected chi connectivity index (χ1v) is 5.73. The van der Waals surface area contributed by atoms with Crippen LogP contribution in [0.15, 0.2) is 42.5 Å². The van der Waals surface area contributed by atoms with Crippen molar-refractivity contribution in [2.24, 2.45) is 0 Å². The number of allylic oxidation sites excluding steroid dienone is 2. The number of aliphatic hydroxyl groups excluding tert-OH is 1. The Hall–Kier alpha value is -1.08. The molecule has 0 aliphatic rings. The van der Waals surface area contributed by atoms with E-state index in [-0.39, 0.29) is 0 Å². The number of aryl methyl sites for hydroxylation is 1. The van der Waals surface area contributed by atoms with Crippen molar-refractivity contribution < 1.29 is 5.11 Å². The van der Waals surface area contributed by atoms with E-state index in [4.69, 9.17) is 5.11 Å². The fraction of sp³-hybridized carbons (Fsp3) is 0.429. The van der Waals surface area contributed by atoms with Gasteiger partial charge in [0.05, 0.1) is 0 Å². The maximum Gasteiger partial charge on any atom is 0.0433 e. The Bertz CT molecular complexity index is 264. The van der Waals surface area contributed by atoms with Gasteiger partial charge in [-0.15, -0.1) is 0 Å². The third-order valence-corrected chi connectivity index (χ3v) is 2.37. The number of benzene rings is 1. The molecule has 0 unspecified atom stereocenters. The van der Waals surface area contributed by atoms with Crippen molar-refractivity contribution in [2.75, 3.05) is 6.61 Å². The molecule has 82 valence electrons. The average molecular weight is 204 g/mol. The van der Waals surface area contributed by atoms with Crippen molar-refractivity contribution in [3.05, 3.63) is 48.0 Å². The predicted octanol–water partition coefficient (Wildman–Crippen LogP) is 3.34. The van der Waals surface area contributed by atoms with Crippen molar-refractivity contribution in [1.29, 1.82) is 0 Å². The van der Waals surface area contributed by atoms with E-state index in [1.807, 2.05) is 0 Å². The molecule has 0 saturated heterocycles. The summed E-state index contributed by atoms with van der Waals surface area (Å²) in [5.41, 5.74) is 1.42. The lowest BCUT2D eigenvalue weighted by Gasteiger charge is -1.97. The van der Waals surface area contributed by atoms with Crippen molar-refractivity contribution >= 4 is 0 Å². The van der Waals surface area contributed by atoms with Gasteiger partial charge in [-0.25, -0.2) is 0 Å². The van der Waals surface area contributed by atoms with Crippen LogP contribution in [0.4, 0.5) is 0 Å². The van der Waals surface area contributed by atoms with E-state index >= 15 is 0 Å². The number of hydrogen-bond donors (Lipinski definition) is 1. The van der Waals surface area contributed by atoms with Crippen LogP contribution in [0.2, 0.25) is 0 Å². The van der Waals surface area contributed by atoms with E-state index in [9.17, 15) is 0 Å². The van der Waals surface area contributed by atoms with Gasteiger partial charge in [-0.2, -0.15) is 0 Å². The number of aliphatic hydroxyl groups is 1. The molecule has 0 aliphatic carbocycles. The van der Waals surface area contributed by atoms with Crippen LogP contribution < -0.4 is 0 Å². The third kappa shape index (κ3) is 6.08. The molecule has 1 aromatic rings. The maximum absolute atomic E-state index is 8.58. The summed E-state index contributed by atoms with van der Waals surface area (Å²) in [4.78, 5) is 0. The van der Waals surface area contributed by atoms with E-state index in [2.05, 4.69) is 42.5 Å². The van der Waals surface area contributed by atoms with Crippen molar-refractivity contribution in [3.63, 3.8) is 0 Å². The maximum atomic E-state index is 8.58. The molecule has 1 heteroatoms. The lowest BCUT2D eigenvalue weighted by Crippen LogP contribution is -1.83. The fourth-order valence-electron chi connectivity index (χ4n) is 1.51. The lowest BCUT2D eigenvalue weighted by molar-refractivity contribution is 0.289. The van der Waals surface area contributed by atoms with E-state index in [0.29, 0.717) is 6.61 Å². The zero-order valence-electron chi connectivity index (χ0n) is 9.23. The van der Waals surface area contributed by atoms with Crippen LogP contribution >= 0.6 is 0 Å². The van der Waals surface area contributed by atoms with Gasteiger partial charge in [0, 0.05) is 6.61 Å². The summed E-state index contributed by atoms with van der Waals surface area (Å²) in [6, 6.07) is 10.6. The van der Waals surface area contributed by atoms with E-state index in [1.54, 1.807) is 0 Å². The van der Waals surface area contributed by atoms with Gasteiger partial charge >= 0.3 is 0 Å². The standard InChI is InChI=1S/C14H20O/c15-13-9-4-2-1-3-6-10-14-11-7-5-8-12-14/h1-2,5,7-8,11-12,15H,3-4,6,9-10,13H2/b2-1-. The number of rotatable bonds is 7. The monoisotopic (exact) mass is 204 g/mol. The molecule has 0 atom stereocenters. The van der Waals surface area contributed by atoms with Crippen molar-refractivity contribution in [2.45, 2.75) is 32.1 Å². The topological polar surface area (TPSA) is 20.2 Å². The van der Waals surface area contributed by atoms with Crippen LogP contribution in [-0.2, 0) is 6.42 Å². The van der Waals surface area contributed by atoms with Gasteiger partial charge in [0.15, 0.2) is 0 Å². The van der Waals surface area contributed by atoms with Gasteiger partial charge < -0.3 is 5.11 Å². The van der Waals surface area contributed by atoms with Crippen LogP contribution in [0, 0.1) is 0 Å². The molecule has 0 aromatic heterocycles. The largest absolute Gasteiger partial charge is 0.396 e. The normalized spacial score (nSPS) is 11.0. The van der Waals surface area contributed by atoms with Gasteiger partial charge in [0.25, 0.3) is 0 Å². The summed E-state index contributed by atoms with van der Waals surface area (Å²) in [5, 5.41) is 8.58. The summed E-state index contributed by atoms with van der Waals surface area (Å²) in [6.07, 6.45) is 9.78. The fourth-order valence-corrected chi connectivity index (χ4v) is 1.51. The van der Waals surface area contributed by atoms with Crippen LogP contribution in [0.5, 0.6) is 0 Å². The summed E-state index contributed by atoms with van der Waals surface area (Å²) < 4.78 is 0. The minimum Gasteiger partial charge on any atom is -0.396 e. The quantitative estimate of drug-likeness (QED) is 0.533. The van der Waals surface area contributed by atoms with E-state index < -0.39 is 0 Å². The summed E-state index contributed by atoms with van der Waals surface area (Å²) in [6.45, 7) is 0.300. The average Bonchev–Trinajstić information content (AvgIpc) is 2.29. The minimum absolute atomic E-state index is 0.300. The first-order valence-electron chi connectivity index (χ1n) is 5.73. The first kappa shape index (κ1) is 12.0. The molecule has 1 rings (SSSR count). The molecule has 0 saturated carbocycles. The zero-order valence-corrected chi connectivity index (χ0v) is 9.23. The molecule has 0 fully saturated rings. The van der Waals surface area contributed by atoms with Gasteiger partial charge in [-0.3, -0.25) is 0 Å². The SMILES string of the molecule is OCCC/C=C\CCCc1ccccc1. The Balaban J connectivity index is 2.04. The van der Waals surface area contributed by atoms with Gasteiger partial charge in [-0.1, -0.05) is 42.5 Å². The summed E-state index contributed by atoms with van der Waals surface area (Å²) in [7, 11) is 0. The molecule has 15 heavy (non-hydrogen) atoms. The summed E-state index contributed by atoms with van der Waals surface area (Å²) >= 11 is 0. The Kier molecular flexibility index (Phi) is 6.59. The highest BCUT2D eigenvalue weighted by molar-refractivity contribution is 5.14. The Labute approximate surface area is 92.5 Å². The highest BCUT2D eigenvalue weighted by atomic mass is 16.2. The molecular formula is C14H20O. The molecule has 0 heterocycles. The molecular weight excluding hydrogens is 184 g/mol. The molecule has 0 spiro atoms. The van der Waals surface area contributed by atoms with E-state index in [0.717, 1.165) is 25.7 Å². The minimum atomic E-state index is 0.300. The molecule has 0 amide bonds. The van der Waals surface area contributed by atoms with Gasteiger partial charge in [0.2, 0.25) is 0 Å². The molecule has 0 aliphatic heterocycles. The highest BCUT2D eigenvalue weighted by Gasteiger charge is 1.89. The second-order valence-corrected chi connectivity index (χ2v) is 3.72. The van der Waals surface area contributed by atoms with Crippen molar-refractivity contribution in [1.82, 2.24) is 0 Å². The third-order valence-electron chi connectivity index (χ3n) is 2.37. The molecule has 1 nitrogen and oxygen atoms in total. The first-order chi connectivity index (χ1) is 7.43. The molecule has 0 radical (unpaired) electrons. The number of hydrogen-bond acceptors (Lipinski definition) is 1. The molecule has 1 aromatic carbocycles. The van der Waals surface area contributed by atoms with Gasteiger partial charge in [-0.05, 0) is 37.7 Å². The van der Waals surface area contributed by atoms with Crippen LogP contribution in [-0.4, -0.2) is 11.7 Å². The zero-order chi connectivity index (χ0) is 10.8. The number of unbranched alkanes of at least 4 members (excludes halogenated alkanes) is 2.